The zero-order chi connectivity index (χ0) is 18.2. The fraction of sp³-hybridized carbons (Fsp3) is 0.235. The second-order valence-corrected chi connectivity index (χ2v) is 7.88. The van der Waals surface area contributed by atoms with E-state index in [2.05, 4.69) is 4.72 Å². The molecule has 1 saturated heterocycles. The number of hydrogen-bond acceptors (Lipinski definition) is 3. The number of benzene rings is 2. The Hall–Kier alpha value is -1.96. The number of amides is 1. The quantitative estimate of drug-likeness (QED) is 0.884. The number of halogens is 2. The lowest BCUT2D eigenvalue weighted by Crippen LogP contribution is -2.41. The number of carbonyl (C=O) groups is 1. The highest BCUT2D eigenvalue weighted by atomic mass is 35.5. The molecule has 0 unspecified atom stereocenters. The first kappa shape index (κ1) is 17.8. The maximum absolute atomic E-state index is 13.0. The van der Waals surface area contributed by atoms with Gasteiger partial charge in [0.1, 0.15) is 11.9 Å². The predicted octanol–water partition coefficient (Wildman–Crippen LogP) is 2.87. The van der Waals surface area contributed by atoms with Crippen LogP contribution in [0.25, 0.3) is 0 Å². The maximum Gasteiger partial charge on any atom is 0.245 e. The standard InChI is InChI=1S/C17H16ClFN2O3S/c1-11-14(18)3-2-4-16(11)25(23,24)20-15-9-10-21(17(15)22)13-7-5-12(19)6-8-13/h2-8,15,20H,9-10H2,1H3/t15-/m0/s1. The molecule has 1 aliphatic heterocycles. The van der Waals surface area contributed by atoms with Crippen LogP contribution in [0.1, 0.15) is 12.0 Å². The molecule has 2 aromatic rings. The van der Waals surface area contributed by atoms with Crippen molar-refractivity contribution in [3.05, 3.63) is 58.9 Å². The van der Waals surface area contributed by atoms with Crippen LogP contribution in [-0.2, 0) is 14.8 Å². The minimum absolute atomic E-state index is 0.0491. The highest BCUT2D eigenvalue weighted by molar-refractivity contribution is 7.89. The first-order chi connectivity index (χ1) is 11.8. The van der Waals surface area contributed by atoms with Gasteiger partial charge in [0.25, 0.3) is 0 Å². The van der Waals surface area contributed by atoms with Gasteiger partial charge in [-0.15, -0.1) is 0 Å². The summed E-state index contributed by atoms with van der Waals surface area (Å²) in [4.78, 5) is 14.0. The zero-order valence-corrected chi connectivity index (χ0v) is 14.9. The molecule has 25 heavy (non-hydrogen) atoms. The summed E-state index contributed by atoms with van der Waals surface area (Å²) in [5.74, 6) is -0.765. The van der Waals surface area contributed by atoms with Gasteiger partial charge >= 0.3 is 0 Å². The van der Waals surface area contributed by atoms with Crippen molar-refractivity contribution >= 4 is 33.2 Å². The lowest BCUT2D eigenvalue weighted by atomic mass is 10.2. The van der Waals surface area contributed by atoms with Gasteiger partial charge in [-0.1, -0.05) is 17.7 Å². The van der Waals surface area contributed by atoms with Crippen LogP contribution in [0, 0.1) is 12.7 Å². The molecule has 1 atom stereocenters. The van der Waals surface area contributed by atoms with Crippen LogP contribution in [0.3, 0.4) is 0 Å². The summed E-state index contributed by atoms with van der Waals surface area (Å²) in [6, 6.07) is 9.23. The molecule has 0 radical (unpaired) electrons. The highest BCUT2D eigenvalue weighted by Gasteiger charge is 2.36. The van der Waals surface area contributed by atoms with Crippen LogP contribution in [0.4, 0.5) is 10.1 Å². The molecular weight excluding hydrogens is 367 g/mol. The number of nitrogens with zero attached hydrogens (tertiary/aromatic N) is 1. The van der Waals surface area contributed by atoms with Crippen LogP contribution < -0.4 is 9.62 Å². The van der Waals surface area contributed by atoms with Gasteiger partial charge in [-0.05, 0) is 55.3 Å². The second kappa shape index (κ2) is 6.74. The molecule has 3 rings (SSSR count). The van der Waals surface area contributed by atoms with Gasteiger partial charge in [0, 0.05) is 17.3 Å². The van der Waals surface area contributed by atoms with E-state index in [0.29, 0.717) is 29.2 Å². The molecular formula is C17H16ClFN2O3S. The van der Waals surface area contributed by atoms with Crippen molar-refractivity contribution < 1.29 is 17.6 Å². The van der Waals surface area contributed by atoms with Crippen molar-refractivity contribution in [1.82, 2.24) is 4.72 Å². The molecule has 0 spiro atoms. The Balaban J connectivity index is 1.81. The summed E-state index contributed by atoms with van der Waals surface area (Å²) in [6.07, 6.45) is 0.328. The Morgan fingerprint density at radius 2 is 1.88 bits per heavy atom. The average molecular weight is 383 g/mol. The van der Waals surface area contributed by atoms with Crippen LogP contribution in [0.15, 0.2) is 47.4 Å². The van der Waals surface area contributed by atoms with Crippen molar-refractivity contribution in [1.29, 1.82) is 0 Å². The monoisotopic (exact) mass is 382 g/mol. The van der Waals surface area contributed by atoms with E-state index in [-0.39, 0.29) is 10.8 Å². The van der Waals surface area contributed by atoms with E-state index < -0.39 is 21.9 Å². The molecule has 5 nitrogen and oxygen atoms in total. The van der Waals surface area contributed by atoms with Crippen LogP contribution in [0.2, 0.25) is 5.02 Å². The minimum atomic E-state index is -3.88. The van der Waals surface area contributed by atoms with E-state index in [1.54, 1.807) is 19.1 Å². The molecule has 0 bridgehead atoms. The fourth-order valence-corrected chi connectivity index (χ4v) is 4.52. The van der Waals surface area contributed by atoms with Crippen LogP contribution in [0.5, 0.6) is 0 Å². The number of nitrogens with one attached hydrogen (secondary N) is 1. The lowest BCUT2D eigenvalue weighted by Gasteiger charge is -2.18. The Morgan fingerprint density at radius 1 is 1.20 bits per heavy atom. The number of sulfonamides is 1. The van der Waals surface area contributed by atoms with E-state index in [1.807, 2.05) is 0 Å². The smallest absolute Gasteiger partial charge is 0.245 e. The molecule has 8 heteroatoms. The zero-order valence-electron chi connectivity index (χ0n) is 13.4. The van der Waals surface area contributed by atoms with E-state index in [9.17, 15) is 17.6 Å². The molecule has 0 aromatic heterocycles. The third kappa shape index (κ3) is 3.53. The van der Waals surface area contributed by atoms with Gasteiger partial charge < -0.3 is 4.90 Å². The van der Waals surface area contributed by atoms with Crippen molar-refractivity contribution in [2.45, 2.75) is 24.3 Å². The summed E-state index contributed by atoms with van der Waals surface area (Å²) in [7, 11) is -3.88. The third-order valence-electron chi connectivity index (χ3n) is 4.15. The summed E-state index contributed by atoms with van der Waals surface area (Å²) in [5, 5.41) is 0.341. The fourth-order valence-electron chi connectivity index (χ4n) is 2.80. The van der Waals surface area contributed by atoms with Crippen LogP contribution in [-0.4, -0.2) is 26.9 Å². The Labute approximate surface area is 150 Å². The molecule has 1 aliphatic rings. The largest absolute Gasteiger partial charge is 0.311 e. The summed E-state index contributed by atoms with van der Waals surface area (Å²) in [5.41, 5.74) is 0.963. The SMILES string of the molecule is Cc1c(Cl)cccc1S(=O)(=O)N[C@H]1CCN(c2ccc(F)cc2)C1=O. The van der Waals surface area contributed by atoms with Crippen molar-refractivity contribution in [2.75, 3.05) is 11.4 Å². The van der Waals surface area contributed by atoms with Crippen molar-refractivity contribution in [2.24, 2.45) is 0 Å². The molecule has 1 heterocycles. The van der Waals surface area contributed by atoms with Crippen molar-refractivity contribution in [3.8, 4) is 0 Å². The molecule has 1 fully saturated rings. The maximum atomic E-state index is 13.0. The van der Waals surface area contributed by atoms with Gasteiger partial charge in [-0.2, -0.15) is 4.72 Å². The van der Waals surface area contributed by atoms with E-state index in [0.717, 1.165) is 0 Å². The van der Waals surface area contributed by atoms with Crippen LogP contribution >= 0.6 is 11.6 Å². The number of anilines is 1. The summed E-state index contributed by atoms with van der Waals surface area (Å²) < 4.78 is 40.7. The minimum Gasteiger partial charge on any atom is -0.311 e. The van der Waals surface area contributed by atoms with Gasteiger partial charge in [-0.3, -0.25) is 4.79 Å². The lowest BCUT2D eigenvalue weighted by molar-refractivity contribution is -0.118. The van der Waals surface area contributed by atoms with Gasteiger partial charge in [0.2, 0.25) is 15.9 Å². The number of rotatable bonds is 4. The number of hydrogen-bond donors (Lipinski definition) is 1. The first-order valence-electron chi connectivity index (χ1n) is 7.64. The van der Waals surface area contributed by atoms with Gasteiger partial charge in [0.15, 0.2) is 0 Å². The van der Waals surface area contributed by atoms with E-state index >= 15 is 0 Å². The second-order valence-electron chi connectivity index (χ2n) is 5.79. The van der Waals surface area contributed by atoms with Gasteiger partial charge in [0.05, 0.1) is 4.90 Å². The molecule has 1 amide bonds. The first-order valence-corrected chi connectivity index (χ1v) is 9.50. The molecule has 0 saturated carbocycles. The summed E-state index contributed by atoms with van der Waals surface area (Å²) >= 11 is 5.98. The summed E-state index contributed by atoms with van der Waals surface area (Å²) in [6.45, 7) is 1.96. The van der Waals surface area contributed by atoms with E-state index in [4.69, 9.17) is 11.6 Å². The number of carbonyl (C=O) groups excluding carboxylic acids is 1. The molecule has 2 aromatic carbocycles. The Bertz CT molecular complexity index is 916. The normalized spacial score (nSPS) is 18.0. The molecule has 1 N–H and O–H groups in total. The molecule has 0 aliphatic carbocycles. The highest BCUT2D eigenvalue weighted by Crippen LogP contribution is 2.25. The topological polar surface area (TPSA) is 66.5 Å². The predicted molar refractivity (Wildman–Crippen MR) is 93.7 cm³/mol. The average Bonchev–Trinajstić information content (AvgIpc) is 2.91. The van der Waals surface area contributed by atoms with Crippen molar-refractivity contribution in [3.63, 3.8) is 0 Å². The van der Waals surface area contributed by atoms with Gasteiger partial charge in [-0.25, -0.2) is 12.8 Å². The third-order valence-corrected chi connectivity index (χ3v) is 6.17. The Kier molecular flexibility index (Phi) is 4.81. The molecule has 132 valence electrons. The Morgan fingerprint density at radius 3 is 2.56 bits per heavy atom. The van der Waals surface area contributed by atoms with E-state index in [1.165, 1.54) is 35.2 Å².